The highest BCUT2D eigenvalue weighted by atomic mass is 16.6. The summed E-state index contributed by atoms with van der Waals surface area (Å²) < 4.78 is 26.9. The van der Waals surface area contributed by atoms with Gasteiger partial charge in [-0.15, -0.1) is 0 Å². The van der Waals surface area contributed by atoms with Crippen molar-refractivity contribution >= 4 is 17.9 Å². The first-order valence-electron chi connectivity index (χ1n) is 11.1. The molecule has 2 rings (SSSR count). The van der Waals surface area contributed by atoms with E-state index in [1.807, 2.05) is 0 Å². The fourth-order valence-corrected chi connectivity index (χ4v) is 2.67. The molecule has 0 unspecified atom stereocenters. The van der Waals surface area contributed by atoms with Crippen molar-refractivity contribution in [3.63, 3.8) is 0 Å². The molecule has 2 aromatic rings. The molecule has 0 aliphatic heterocycles. The first-order valence-corrected chi connectivity index (χ1v) is 11.1. The predicted octanol–water partition coefficient (Wildman–Crippen LogP) is 4.83. The zero-order chi connectivity index (χ0) is 26.7. The number of rotatable bonds is 13. The third-order valence-electron chi connectivity index (χ3n) is 4.53. The fraction of sp³-hybridized carbons (Fsp3) is 0.250. The molecule has 8 nitrogen and oxygen atoms in total. The van der Waals surface area contributed by atoms with Crippen molar-refractivity contribution in [2.24, 2.45) is 0 Å². The molecule has 0 aliphatic carbocycles. The van der Waals surface area contributed by atoms with Crippen LogP contribution in [0.15, 0.2) is 78.9 Å². The van der Waals surface area contributed by atoms with Gasteiger partial charge in [-0.05, 0) is 50.6 Å². The Bertz CT molecular complexity index is 1140. The second kappa shape index (κ2) is 13.5. The highest BCUT2D eigenvalue weighted by Crippen LogP contribution is 2.34. The van der Waals surface area contributed by atoms with Crippen molar-refractivity contribution in [2.75, 3.05) is 26.4 Å². The lowest BCUT2D eigenvalue weighted by atomic mass is 10.0. The molecule has 0 amide bonds. The normalized spacial score (nSPS) is 10.1. The van der Waals surface area contributed by atoms with Crippen molar-refractivity contribution < 1.29 is 38.1 Å². The number of carbonyl (C=O) groups is 3. The van der Waals surface area contributed by atoms with Crippen LogP contribution < -0.4 is 14.2 Å². The summed E-state index contributed by atoms with van der Waals surface area (Å²) in [5.41, 5.74) is 2.43. The summed E-state index contributed by atoms with van der Waals surface area (Å²) in [5.74, 6) is -0.146. The maximum atomic E-state index is 11.7. The Morgan fingerprint density at radius 1 is 0.639 bits per heavy atom. The molecule has 0 atom stereocenters. The van der Waals surface area contributed by atoms with E-state index < -0.39 is 17.9 Å². The minimum Gasteiger partial charge on any atom is -0.490 e. The molecule has 0 radical (unpaired) electrons. The maximum absolute atomic E-state index is 11.7. The van der Waals surface area contributed by atoms with Gasteiger partial charge < -0.3 is 23.7 Å². The van der Waals surface area contributed by atoms with Gasteiger partial charge in [0.25, 0.3) is 0 Å². The third-order valence-corrected chi connectivity index (χ3v) is 4.53. The van der Waals surface area contributed by atoms with Crippen molar-refractivity contribution in [1.82, 2.24) is 0 Å². The van der Waals surface area contributed by atoms with E-state index in [0.29, 0.717) is 34.0 Å². The maximum Gasteiger partial charge on any atom is 0.338 e. The Balaban J connectivity index is 2.15. The molecule has 0 aromatic heterocycles. The first kappa shape index (κ1) is 27.9. The smallest absolute Gasteiger partial charge is 0.338 e. The van der Waals surface area contributed by atoms with Gasteiger partial charge in [-0.25, -0.2) is 14.4 Å². The van der Waals surface area contributed by atoms with Crippen LogP contribution in [0, 0.1) is 0 Å². The van der Waals surface area contributed by atoms with Gasteiger partial charge in [0.1, 0.15) is 43.7 Å². The molecular formula is C28H30O8. The molecule has 36 heavy (non-hydrogen) atoms. The van der Waals surface area contributed by atoms with Crippen LogP contribution in [0.5, 0.6) is 17.2 Å². The molecule has 0 heterocycles. The number of hydrogen-bond donors (Lipinski definition) is 0. The zero-order valence-electron chi connectivity index (χ0n) is 20.8. The molecule has 0 fully saturated rings. The van der Waals surface area contributed by atoms with E-state index >= 15 is 0 Å². The summed E-state index contributed by atoms with van der Waals surface area (Å²) in [6.07, 6.45) is 0. The largest absolute Gasteiger partial charge is 0.490 e. The second-order valence-electron chi connectivity index (χ2n) is 7.88. The molecule has 8 heteroatoms. The lowest BCUT2D eigenvalue weighted by molar-refractivity contribution is -0.140. The lowest BCUT2D eigenvalue weighted by Gasteiger charge is -2.15. The quantitative estimate of drug-likeness (QED) is 0.169. The van der Waals surface area contributed by atoms with E-state index in [1.165, 1.54) is 0 Å². The lowest BCUT2D eigenvalue weighted by Crippen LogP contribution is -2.13. The predicted molar refractivity (Wildman–Crippen MR) is 135 cm³/mol. The van der Waals surface area contributed by atoms with Crippen LogP contribution in [0.2, 0.25) is 0 Å². The Morgan fingerprint density at radius 2 is 1.14 bits per heavy atom. The van der Waals surface area contributed by atoms with Gasteiger partial charge in [-0.1, -0.05) is 31.9 Å². The summed E-state index contributed by atoms with van der Waals surface area (Å²) >= 11 is 0. The first-order chi connectivity index (χ1) is 17.1. The number of hydrogen-bond acceptors (Lipinski definition) is 8. The summed E-state index contributed by atoms with van der Waals surface area (Å²) in [6, 6.07) is 12.1. The van der Waals surface area contributed by atoms with Gasteiger partial charge in [0.05, 0.1) is 0 Å². The van der Waals surface area contributed by atoms with Crippen LogP contribution >= 0.6 is 0 Å². The van der Waals surface area contributed by atoms with E-state index in [1.54, 1.807) is 63.2 Å². The highest BCUT2D eigenvalue weighted by Gasteiger charge is 2.12. The van der Waals surface area contributed by atoms with E-state index in [0.717, 1.165) is 11.1 Å². The van der Waals surface area contributed by atoms with Crippen LogP contribution in [0.3, 0.4) is 0 Å². The van der Waals surface area contributed by atoms with Gasteiger partial charge in [-0.2, -0.15) is 0 Å². The highest BCUT2D eigenvalue weighted by molar-refractivity contribution is 5.89. The molecule has 0 saturated heterocycles. The average Bonchev–Trinajstić information content (AvgIpc) is 2.84. The molecule has 0 spiro atoms. The number of ether oxygens (including phenoxy) is 5. The number of benzene rings is 2. The van der Waals surface area contributed by atoms with Crippen molar-refractivity contribution in [3.8, 4) is 28.4 Å². The minimum atomic E-state index is -0.508. The summed E-state index contributed by atoms with van der Waals surface area (Å²) in [6.45, 7) is 15.7. The monoisotopic (exact) mass is 494 g/mol. The van der Waals surface area contributed by atoms with Crippen LogP contribution in [0.25, 0.3) is 11.1 Å². The van der Waals surface area contributed by atoms with Gasteiger partial charge in [0.15, 0.2) is 0 Å². The molecule has 2 aromatic carbocycles. The molecular weight excluding hydrogens is 464 g/mol. The van der Waals surface area contributed by atoms with Crippen molar-refractivity contribution in [1.29, 1.82) is 0 Å². The standard InChI is InChI=1S/C28H30O8/c1-18(2)26(29)34-15-13-32-23-11-12-24(25(17-23)33-14-16-35-27(30)19(3)4)21-7-9-22(10-8-21)36-28(31)20(5)6/h7-12,17H,1,3,5,13-16H2,2,4,6H3. The Morgan fingerprint density at radius 3 is 1.67 bits per heavy atom. The molecule has 0 N–H and O–H groups in total. The van der Waals surface area contributed by atoms with E-state index in [9.17, 15) is 14.4 Å². The van der Waals surface area contributed by atoms with Gasteiger partial charge in [0, 0.05) is 28.3 Å². The summed E-state index contributed by atoms with van der Waals surface area (Å²) in [7, 11) is 0. The van der Waals surface area contributed by atoms with Crippen molar-refractivity contribution in [3.05, 3.63) is 78.9 Å². The van der Waals surface area contributed by atoms with Crippen LogP contribution in [-0.2, 0) is 23.9 Å². The molecule has 0 saturated carbocycles. The minimum absolute atomic E-state index is 0.0306. The zero-order valence-corrected chi connectivity index (χ0v) is 20.8. The number of esters is 3. The van der Waals surface area contributed by atoms with Crippen LogP contribution in [0.4, 0.5) is 0 Å². The van der Waals surface area contributed by atoms with Gasteiger partial charge in [0.2, 0.25) is 0 Å². The van der Waals surface area contributed by atoms with Gasteiger partial charge in [-0.3, -0.25) is 0 Å². The van der Waals surface area contributed by atoms with Gasteiger partial charge >= 0.3 is 17.9 Å². The Labute approximate surface area is 210 Å². The van der Waals surface area contributed by atoms with E-state index in [4.69, 9.17) is 23.7 Å². The van der Waals surface area contributed by atoms with Crippen LogP contribution in [-0.4, -0.2) is 44.3 Å². The molecule has 190 valence electrons. The van der Waals surface area contributed by atoms with Crippen LogP contribution in [0.1, 0.15) is 20.8 Å². The third kappa shape index (κ3) is 8.79. The Kier molecular flexibility index (Phi) is 10.5. The topological polar surface area (TPSA) is 97.4 Å². The summed E-state index contributed by atoms with van der Waals surface area (Å²) in [4.78, 5) is 34.8. The molecule has 0 aliphatic rings. The van der Waals surface area contributed by atoms with E-state index in [-0.39, 0.29) is 26.4 Å². The van der Waals surface area contributed by atoms with E-state index in [2.05, 4.69) is 19.7 Å². The fourth-order valence-electron chi connectivity index (χ4n) is 2.67. The average molecular weight is 495 g/mol. The Hall–Kier alpha value is -4.33. The SMILES string of the molecule is C=C(C)C(=O)OCCOc1ccc(-c2ccc(OC(=O)C(=C)C)cc2)c(OCCOC(=O)C(=C)C)c1. The number of carbonyl (C=O) groups excluding carboxylic acids is 3. The van der Waals surface area contributed by atoms with Crippen molar-refractivity contribution in [2.45, 2.75) is 20.8 Å². The second-order valence-corrected chi connectivity index (χ2v) is 7.88. The summed E-state index contributed by atoms with van der Waals surface area (Å²) in [5, 5.41) is 0. The molecule has 0 bridgehead atoms.